The third-order valence-corrected chi connectivity index (χ3v) is 5.22. The van der Waals surface area contributed by atoms with Crippen molar-refractivity contribution in [2.75, 3.05) is 47.6 Å². The Morgan fingerprint density at radius 1 is 1.00 bits per heavy atom. The summed E-state index contributed by atoms with van der Waals surface area (Å²) in [6, 6.07) is 8.26. The molecule has 0 atom stereocenters. The Bertz CT molecular complexity index is 1200. The minimum Gasteiger partial charge on any atom is -0.507 e. The molecule has 0 spiro atoms. The van der Waals surface area contributed by atoms with Crippen molar-refractivity contribution in [2.24, 2.45) is 0 Å². The Morgan fingerprint density at radius 2 is 1.66 bits per heavy atom. The van der Waals surface area contributed by atoms with Gasteiger partial charge in [-0.25, -0.2) is 0 Å². The zero-order valence-electron chi connectivity index (χ0n) is 19.5. The van der Waals surface area contributed by atoms with Crippen LogP contribution in [0.15, 0.2) is 45.6 Å². The van der Waals surface area contributed by atoms with Crippen molar-refractivity contribution >= 4 is 11.0 Å². The van der Waals surface area contributed by atoms with E-state index in [0.29, 0.717) is 32.1 Å². The van der Waals surface area contributed by atoms with Gasteiger partial charge >= 0.3 is 6.18 Å². The van der Waals surface area contributed by atoms with E-state index in [-0.39, 0.29) is 34.6 Å². The second kappa shape index (κ2) is 11.4. The van der Waals surface area contributed by atoms with E-state index in [0.717, 1.165) is 0 Å². The zero-order valence-corrected chi connectivity index (χ0v) is 19.5. The summed E-state index contributed by atoms with van der Waals surface area (Å²) >= 11 is 0. The summed E-state index contributed by atoms with van der Waals surface area (Å²) < 4.78 is 67.8. The number of phenolic OH excluding ortho intramolecular Hbond substituents is 1. The molecule has 0 amide bonds. The summed E-state index contributed by atoms with van der Waals surface area (Å²) in [6.07, 6.45) is -5.05. The maximum atomic E-state index is 14.0. The number of methoxy groups -OCH3 is 3. The second-order valence-electron chi connectivity index (χ2n) is 7.57. The van der Waals surface area contributed by atoms with Crippen LogP contribution in [0.5, 0.6) is 23.0 Å². The largest absolute Gasteiger partial charge is 0.507 e. The Hall–Kier alpha value is -3.28. The molecule has 3 rings (SSSR count). The Balaban J connectivity index is 2.15. The fourth-order valence-corrected chi connectivity index (χ4v) is 3.44. The molecule has 0 unspecified atom stereocenters. The van der Waals surface area contributed by atoms with Gasteiger partial charge in [-0.2, -0.15) is 13.2 Å². The molecule has 3 aromatic rings. The first-order valence-electron chi connectivity index (χ1n) is 10.6. The number of phenols is 1. The van der Waals surface area contributed by atoms with E-state index in [1.165, 1.54) is 51.7 Å². The van der Waals surface area contributed by atoms with Crippen molar-refractivity contribution < 1.29 is 41.6 Å². The molecular formula is C24H26F3NO7. The number of fused-ring (bicyclic) bond motifs is 1. The molecule has 0 saturated carbocycles. The van der Waals surface area contributed by atoms with Crippen molar-refractivity contribution in [3.05, 3.63) is 57.9 Å². The molecule has 0 aliphatic rings. The summed E-state index contributed by atoms with van der Waals surface area (Å²) in [5, 5.41) is 10.3. The molecule has 35 heavy (non-hydrogen) atoms. The number of hydrogen-bond donors (Lipinski definition) is 1. The standard InChI is InChI=1S/C24H26F3NO7/c1-31-11-9-28(10-12-32-2)14-18-19(29)8-7-17-20(30)22(23(24(25,26)27)35-21(17)18)34-16-6-4-5-15(13-16)33-3/h4-8,13,29H,9-12,14H2,1-3H3. The number of hydrogen-bond acceptors (Lipinski definition) is 8. The van der Waals surface area contributed by atoms with Crippen molar-refractivity contribution in [3.63, 3.8) is 0 Å². The van der Waals surface area contributed by atoms with Crippen LogP contribution >= 0.6 is 0 Å². The van der Waals surface area contributed by atoms with Crippen LogP contribution in [0, 0.1) is 0 Å². The van der Waals surface area contributed by atoms with Gasteiger partial charge in [0.25, 0.3) is 5.76 Å². The van der Waals surface area contributed by atoms with Crippen LogP contribution in [0.1, 0.15) is 11.3 Å². The summed E-state index contributed by atoms with van der Waals surface area (Å²) in [4.78, 5) is 15.0. The topological polar surface area (TPSA) is 90.6 Å². The van der Waals surface area contributed by atoms with E-state index < -0.39 is 23.1 Å². The molecule has 1 heterocycles. The number of rotatable bonds is 11. The quantitative estimate of drug-likeness (QED) is 0.417. The molecule has 0 aliphatic heterocycles. The van der Waals surface area contributed by atoms with Gasteiger partial charge in [-0.15, -0.1) is 0 Å². The van der Waals surface area contributed by atoms with Gasteiger partial charge in [-0.3, -0.25) is 9.69 Å². The SMILES string of the molecule is COCCN(CCOC)Cc1c(O)ccc2c(=O)c(Oc3cccc(OC)c3)c(C(F)(F)F)oc12. The molecule has 0 saturated heterocycles. The van der Waals surface area contributed by atoms with Gasteiger partial charge in [0, 0.05) is 39.9 Å². The maximum absolute atomic E-state index is 14.0. The van der Waals surface area contributed by atoms with Crippen LogP contribution in [0.2, 0.25) is 0 Å². The first kappa shape index (κ1) is 26.3. The molecule has 11 heteroatoms. The first-order chi connectivity index (χ1) is 16.7. The van der Waals surface area contributed by atoms with Crippen molar-refractivity contribution in [1.29, 1.82) is 0 Å². The number of nitrogens with zero attached hydrogens (tertiary/aromatic N) is 1. The van der Waals surface area contributed by atoms with Crippen LogP contribution in [0.4, 0.5) is 13.2 Å². The van der Waals surface area contributed by atoms with Crippen molar-refractivity contribution in [1.82, 2.24) is 4.90 Å². The summed E-state index contributed by atoms with van der Waals surface area (Å²) in [6.45, 7) is 1.48. The fourth-order valence-electron chi connectivity index (χ4n) is 3.44. The highest BCUT2D eigenvalue weighted by atomic mass is 19.4. The molecule has 0 bridgehead atoms. The summed E-state index contributed by atoms with van der Waals surface area (Å²) in [5.41, 5.74) is -1.37. The summed E-state index contributed by atoms with van der Waals surface area (Å²) in [7, 11) is 4.42. The van der Waals surface area contributed by atoms with Crippen LogP contribution in [-0.4, -0.2) is 57.6 Å². The van der Waals surface area contributed by atoms with Gasteiger partial charge in [0.1, 0.15) is 22.8 Å². The minimum absolute atomic E-state index is 0.00772. The normalized spacial score (nSPS) is 11.9. The second-order valence-corrected chi connectivity index (χ2v) is 7.57. The van der Waals surface area contributed by atoms with E-state index in [2.05, 4.69) is 0 Å². The molecule has 2 aromatic carbocycles. The number of benzene rings is 2. The lowest BCUT2D eigenvalue weighted by atomic mass is 10.1. The fraction of sp³-hybridized carbons (Fsp3) is 0.375. The molecule has 8 nitrogen and oxygen atoms in total. The Morgan fingerprint density at radius 3 is 2.26 bits per heavy atom. The molecule has 0 fully saturated rings. The van der Waals surface area contributed by atoms with Crippen LogP contribution < -0.4 is 14.9 Å². The van der Waals surface area contributed by atoms with Crippen LogP contribution in [-0.2, 0) is 22.2 Å². The number of halogens is 3. The highest BCUT2D eigenvalue weighted by molar-refractivity contribution is 5.83. The smallest absolute Gasteiger partial charge is 0.453 e. The average Bonchev–Trinajstić information content (AvgIpc) is 2.83. The van der Waals surface area contributed by atoms with E-state index in [1.54, 1.807) is 11.0 Å². The van der Waals surface area contributed by atoms with E-state index >= 15 is 0 Å². The van der Waals surface area contributed by atoms with Gasteiger partial charge < -0.3 is 28.5 Å². The van der Waals surface area contributed by atoms with Gasteiger partial charge in [0.05, 0.1) is 31.3 Å². The maximum Gasteiger partial charge on any atom is 0.453 e. The average molecular weight is 497 g/mol. The minimum atomic E-state index is -5.05. The molecular weight excluding hydrogens is 471 g/mol. The monoisotopic (exact) mass is 497 g/mol. The lowest BCUT2D eigenvalue weighted by Gasteiger charge is -2.23. The highest BCUT2D eigenvalue weighted by Gasteiger charge is 2.41. The Kier molecular flexibility index (Phi) is 8.60. The predicted molar refractivity (Wildman–Crippen MR) is 121 cm³/mol. The Labute approximate surface area is 199 Å². The zero-order chi connectivity index (χ0) is 25.6. The van der Waals surface area contributed by atoms with Gasteiger partial charge in [0.15, 0.2) is 0 Å². The lowest BCUT2D eigenvalue weighted by Crippen LogP contribution is -2.30. The molecule has 1 N–H and O–H groups in total. The van der Waals surface area contributed by atoms with Gasteiger partial charge in [-0.1, -0.05) is 6.07 Å². The van der Waals surface area contributed by atoms with E-state index in [4.69, 9.17) is 23.4 Å². The molecule has 0 aliphatic carbocycles. The highest BCUT2D eigenvalue weighted by Crippen LogP contribution is 2.40. The third kappa shape index (κ3) is 6.24. The number of alkyl halides is 3. The van der Waals surface area contributed by atoms with Gasteiger partial charge in [0.2, 0.25) is 11.2 Å². The predicted octanol–water partition coefficient (Wildman–Crippen LogP) is 4.41. The first-order valence-corrected chi connectivity index (χ1v) is 10.6. The molecule has 1 aromatic heterocycles. The summed E-state index contributed by atoms with van der Waals surface area (Å²) in [5.74, 6) is -2.63. The third-order valence-electron chi connectivity index (χ3n) is 5.22. The van der Waals surface area contributed by atoms with Crippen molar-refractivity contribution in [3.8, 4) is 23.0 Å². The van der Waals surface area contributed by atoms with Gasteiger partial charge in [-0.05, 0) is 24.3 Å². The number of aromatic hydroxyl groups is 1. The van der Waals surface area contributed by atoms with E-state index in [1.807, 2.05) is 0 Å². The number of ether oxygens (including phenoxy) is 4. The molecule has 0 radical (unpaired) electrons. The lowest BCUT2D eigenvalue weighted by molar-refractivity contribution is -0.154. The van der Waals surface area contributed by atoms with Crippen LogP contribution in [0.3, 0.4) is 0 Å². The molecule has 190 valence electrons. The van der Waals surface area contributed by atoms with E-state index in [9.17, 15) is 23.1 Å². The van der Waals surface area contributed by atoms with Crippen LogP contribution in [0.25, 0.3) is 11.0 Å². The van der Waals surface area contributed by atoms with Crippen molar-refractivity contribution in [2.45, 2.75) is 12.7 Å².